The molecule has 1 heterocycles. The fraction of sp³-hybridized carbons (Fsp3) is 0.429. The summed E-state index contributed by atoms with van der Waals surface area (Å²) in [5.74, 6) is -0.542. The van der Waals surface area contributed by atoms with Gasteiger partial charge < -0.3 is 14.4 Å². The summed E-state index contributed by atoms with van der Waals surface area (Å²) in [6.45, 7) is 5.67. The predicted molar refractivity (Wildman–Crippen MR) is 70.1 cm³/mol. The van der Waals surface area contributed by atoms with Crippen LogP contribution >= 0.6 is 0 Å². The Morgan fingerprint density at radius 2 is 2.05 bits per heavy atom. The molecule has 0 spiro atoms. The summed E-state index contributed by atoms with van der Waals surface area (Å²) in [6, 6.07) is 7.16. The van der Waals surface area contributed by atoms with E-state index >= 15 is 0 Å². The summed E-state index contributed by atoms with van der Waals surface area (Å²) in [5, 5.41) is 0. The van der Waals surface area contributed by atoms with Crippen molar-refractivity contribution in [1.82, 2.24) is 0 Å². The molecule has 0 aromatic heterocycles. The Morgan fingerprint density at radius 1 is 1.37 bits per heavy atom. The van der Waals surface area contributed by atoms with Crippen LogP contribution in [-0.2, 0) is 14.3 Å². The van der Waals surface area contributed by atoms with E-state index < -0.39 is 17.5 Å². The first kappa shape index (κ1) is 13.4. The molecule has 5 nitrogen and oxygen atoms in total. The van der Waals surface area contributed by atoms with Gasteiger partial charge in [0, 0.05) is 6.54 Å². The van der Waals surface area contributed by atoms with Crippen molar-refractivity contribution in [2.45, 2.75) is 26.4 Å². The summed E-state index contributed by atoms with van der Waals surface area (Å²) in [5.41, 5.74) is -0.933. The fourth-order valence-corrected chi connectivity index (χ4v) is 2.11. The zero-order chi connectivity index (χ0) is 14.0. The Morgan fingerprint density at radius 3 is 2.68 bits per heavy atom. The van der Waals surface area contributed by atoms with Crippen molar-refractivity contribution in [2.24, 2.45) is 0 Å². The van der Waals surface area contributed by atoms with Gasteiger partial charge in [0.05, 0.1) is 12.3 Å². The van der Waals surface area contributed by atoms with Crippen LogP contribution in [0.5, 0.6) is 5.75 Å². The van der Waals surface area contributed by atoms with Gasteiger partial charge in [-0.3, -0.25) is 4.79 Å². The minimum atomic E-state index is -1.61. The molecule has 1 unspecified atom stereocenters. The van der Waals surface area contributed by atoms with Crippen molar-refractivity contribution in [3.05, 3.63) is 24.3 Å². The molecule has 0 saturated heterocycles. The van der Waals surface area contributed by atoms with Gasteiger partial charge in [0.15, 0.2) is 0 Å². The molecule has 1 aliphatic heterocycles. The average Bonchev–Trinajstić information content (AvgIpc) is 2.40. The number of nitrogens with zero attached hydrogens (tertiary/aromatic N) is 1. The lowest BCUT2D eigenvalue weighted by Crippen LogP contribution is -2.59. The lowest BCUT2D eigenvalue weighted by molar-refractivity contribution is -0.166. The van der Waals surface area contributed by atoms with Crippen molar-refractivity contribution in [2.75, 3.05) is 18.1 Å². The van der Waals surface area contributed by atoms with Crippen molar-refractivity contribution < 1.29 is 19.1 Å². The van der Waals surface area contributed by atoms with Gasteiger partial charge in [0.2, 0.25) is 0 Å². The zero-order valence-electron chi connectivity index (χ0n) is 11.3. The lowest BCUT2D eigenvalue weighted by atomic mass is 10.0. The van der Waals surface area contributed by atoms with Crippen LogP contribution in [-0.4, -0.2) is 30.6 Å². The highest BCUT2D eigenvalue weighted by molar-refractivity contribution is 6.15. The molecular weight excluding hydrogens is 246 g/mol. The van der Waals surface area contributed by atoms with Gasteiger partial charge in [-0.25, -0.2) is 4.79 Å². The highest BCUT2D eigenvalue weighted by atomic mass is 16.6. The predicted octanol–water partition coefficient (Wildman–Crippen LogP) is 1.75. The van der Waals surface area contributed by atoms with Gasteiger partial charge >= 0.3 is 5.97 Å². The van der Waals surface area contributed by atoms with Crippen LogP contribution in [0, 0.1) is 0 Å². The average molecular weight is 263 g/mol. The first-order valence-electron chi connectivity index (χ1n) is 6.31. The smallest absolute Gasteiger partial charge is 0.360 e. The fourth-order valence-electron chi connectivity index (χ4n) is 2.11. The van der Waals surface area contributed by atoms with Crippen LogP contribution in [0.3, 0.4) is 0 Å². The van der Waals surface area contributed by atoms with E-state index in [0.717, 1.165) is 0 Å². The molecule has 19 heavy (non-hydrogen) atoms. The number of ether oxygens (including phenoxy) is 2. The van der Waals surface area contributed by atoms with Crippen LogP contribution in [0.2, 0.25) is 0 Å². The van der Waals surface area contributed by atoms with Crippen molar-refractivity contribution >= 4 is 17.6 Å². The van der Waals surface area contributed by atoms with Crippen molar-refractivity contribution in [1.29, 1.82) is 0 Å². The Labute approximate surface area is 112 Å². The number of hydrogen-bond acceptors (Lipinski definition) is 4. The van der Waals surface area contributed by atoms with Gasteiger partial charge in [0.1, 0.15) is 5.75 Å². The molecular formula is C14H17NO4. The number of rotatable bonds is 3. The number of carbonyl (C=O) groups excluding carboxylic acids is 2. The largest absolute Gasteiger partial charge is 0.464 e. The van der Waals surface area contributed by atoms with E-state index in [4.69, 9.17) is 9.47 Å². The third-order valence-corrected chi connectivity index (χ3v) is 3.10. The third kappa shape index (κ3) is 2.05. The van der Waals surface area contributed by atoms with E-state index in [-0.39, 0.29) is 6.61 Å². The van der Waals surface area contributed by atoms with Crippen LogP contribution in [0.25, 0.3) is 0 Å². The molecule has 1 aromatic carbocycles. The second-order valence-corrected chi connectivity index (χ2v) is 4.37. The molecule has 0 aliphatic carbocycles. The van der Waals surface area contributed by atoms with Gasteiger partial charge in [-0.1, -0.05) is 12.1 Å². The Kier molecular flexibility index (Phi) is 3.46. The normalized spacial score (nSPS) is 21.6. The quantitative estimate of drug-likeness (QED) is 0.616. The number of amides is 1. The standard InChI is InChI=1S/C14H17NO4/c1-4-15-10-8-6-7-9-11(10)19-14(3,12(15)16)13(17)18-5-2/h6-9H,4-5H2,1-3H3. The second kappa shape index (κ2) is 4.91. The zero-order valence-corrected chi connectivity index (χ0v) is 11.3. The molecule has 1 atom stereocenters. The molecule has 0 fully saturated rings. The Hall–Kier alpha value is -2.04. The SMILES string of the molecule is CCOC(=O)C1(C)Oc2ccccc2N(CC)C1=O. The molecule has 1 amide bonds. The van der Waals surface area contributed by atoms with Gasteiger partial charge in [0.25, 0.3) is 11.5 Å². The van der Waals surface area contributed by atoms with Gasteiger partial charge in [-0.2, -0.15) is 0 Å². The monoisotopic (exact) mass is 263 g/mol. The van der Waals surface area contributed by atoms with Crippen LogP contribution < -0.4 is 9.64 Å². The van der Waals surface area contributed by atoms with Crippen molar-refractivity contribution in [3.63, 3.8) is 0 Å². The molecule has 102 valence electrons. The topological polar surface area (TPSA) is 55.8 Å². The minimum absolute atomic E-state index is 0.207. The molecule has 0 saturated carbocycles. The highest BCUT2D eigenvalue weighted by Crippen LogP contribution is 2.37. The number of likely N-dealkylation sites (N-methyl/N-ethyl adjacent to an activating group) is 1. The molecule has 0 N–H and O–H groups in total. The molecule has 5 heteroatoms. The highest BCUT2D eigenvalue weighted by Gasteiger charge is 2.51. The number of fused-ring (bicyclic) bond motifs is 1. The van der Waals surface area contributed by atoms with Gasteiger partial charge in [-0.05, 0) is 32.9 Å². The van der Waals surface area contributed by atoms with E-state index in [2.05, 4.69) is 0 Å². The van der Waals surface area contributed by atoms with Crippen molar-refractivity contribution in [3.8, 4) is 5.75 Å². The number of benzene rings is 1. The van der Waals surface area contributed by atoms with E-state index in [1.807, 2.05) is 13.0 Å². The molecule has 2 rings (SSSR count). The molecule has 1 aromatic rings. The van der Waals surface area contributed by atoms with Crippen LogP contribution in [0.15, 0.2) is 24.3 Å². The summed E-state index contributed by atoms with van der Waals surface area (Å²) >= 11 is 0. The number of anilines is 1. The maximum Gasteiger partial charge on any atom is 0.360 e. The van der Waals surface area contributed by atoms with E-state index in [1.165, 1.54) is 11.8 Å². The lowest BCUT2D eigenvalue weighted by Gasteiger charge is -2.38. The maximum atomic E-state index is 12.5. The summed E-state index contributed by atoms with van der Waals surface area (Å²) in [7, 11) is 0. The number of carbonyl (C=O) groups is 2. The number of esters is 1. The maximum absolute atomic E-state index is 12.5. The summed E-state index contributed by atoms with van der Waals surface area (Å²) in [4.78, 5) is 26.0. The molecule has 0 bridgehead atoms. The second-order valence-electron chi connectivity index (χ2n) is 4.37. The summed E-state index contributed by atoms with van der Waals surface area (Å²) < 4.78 is 10.6. The Bertz CT molecular complexity index is 514. The Balaban J connectivity index is 2.46. The van der Waals surface area contributed by atoms with Crippen LogP contribution in [0.4, 0.5) is 5.69 Å². The summed E-state index contributed by atoms with van der Waals surface area (Å²) in [6.07, 6.45) is 0. The number of para-hydroxylation sites is 2. The minimum Gasteiger partial charge on any atom is -0.464 e. The molecule has 1 aliphatic rings. The third-order valence-electron chi connectivity index (χ3n) is 3.10. The molecule has 0 radical (unpaired) electrons. The van der Waals surface area contributed by atoms with Crippen LogP contribution in [0.1, 0.15) is 20.8 Å². The van der Waals surface area contributed by atoms with E-state index in [9.17, 15) is 9.59 Å². The number of hydrogen-bond donors (Lipinski definition) is 0. The first-order chi connectivity index (χ1) is 9.04. The van der Waals surface area contributed by atoms with Gasteiger partial charge in [-0.15, -0.1) is 0 Å². The first-order valence-corrected chi connectivity index (χ1v) is 6.31. The van der Waals surface area contributed by atoms with E-state index in [1.54, 1.807) is 25.1 Å². The van der Waals surface area contributed by atoms with E-state index in [0.29, 0.717) is 18.0 Å².